The summed E-state index contributed by atoms with van der Waals surface area (Å²) in [4.78, 5) is 12.4. The van der Waals surface area contributed by atoms with E-state index < -0.39 is 16.0 Å². The van der Waals surface area contributed by atoms with Crippen LogP contribution in [0.2, 0.25) is 5.02 Å². The summed E-state index contributed by atoms with van der Waals surface area (Å²) in [5, 5.41) is 0.304. The molecule has 0 bridgehead atoms. The van der Waals surface area contributed by atoms with Gasteiger partial charge in [-0.2, -0.15) is 0 Å². The molecule has 0 saturated carbocycles. The van der Waals surface area contributed by atoms with Crippen molar-refractivity contribution in [3.05, 3.63) is 58.6 Å². The Morgan fingerprint density at radius 1 is 1.17 bits per heavy atom. The van der Waals surface area contributed by atoms with Gasteiger partial charge in [0.05, 0.1) is 22.5 Å². The van der Waals surface area contributed by atoms with Gasteiger partial charge in [-0.15, -0.1) is 0 Å². The van der Waals surface area contributed by atoms with Crippen LogP contribution in [0.25, 0.3) is 0 Å². The lowest BCUT2D eigenvalue weighted by Crippen LogP contribution is -2.27. The van der Waals surface area contributed by atoms with E-state index >= 15 is 0 Å². The Kier molecular flexibility index (Phi) is 4.97. The van der Waals surface area contributed by atoms with E-state index in [0.29, 0.717) is 5.02 Å². The number of hydrogen-bond acceptors (Lipinski definition) is 4. The lowest BCUT2D eigenvalue weighted by molar-refractivity contribution is 0.0735. The van der Waals surface area contributed by atoms with Crippen molar-refractivity contribution >= 4 is 33.3 Å². The molecule has 0 amide bonds. The molecular formula is C16H16ClNO4S. The Morgan fingerprint density at radius 2 is 1.83 bits per heavy atom. The highest BCUT2D eigenvalue weighted by Crippen LogP contribution is 2.28. The number of ether oxygens (including phenoxy) is 1. The van der Waals surface area contributed by atoms with Crippen LogP contribution in [0.1, 0.15) is 15.9 Å². The number of hydrogen-bond donors (Lipinski definition) is 0. The van der Waals surface area contributed by atoms with Crippen molar-refractivity contribution in [2.75, 3.05) is 17.6 Å². The summed E-state index contributed by atoms with van der Waals surface area (Å²) in [6, 6.07) is 11.4. The molecule has 2 aromatic rings. The zero-order valence-electron chi connectivity index (χ0n) is 12.9. The topological polar surface area (TPSA) is 63.7 Å². The monoisotopic (exact) mass is 353 g/mol. The van der Waals surface area contributed by atoms with Gasteiger partial charge in [0.2, 0.25) is 10.0 Å². The minimum Gasteiger partial charge on any atom is -0.421 e. The van der Waals surface area contributed by atoms with Crippen molar-refractivity contribution in [1.82, 2.24) is 0 Å². The average molecular weight is 354 g/mol. The van der Waals surface area contributed by atoms with Crippen molar-refractivity contribution in [3.63, 3.8) is 0 Å². The fourth-order valence-corrected chi connectivity index (χ4v) is 2.62. The average Bonchev–Trinajstić information content (AvgIpc) is 2.49. The predicted molar refractivity (Wildman–Crippen MR) is 90.8 cm³/mol. The van der Waals surface area contributed by atoms with Crippen LogP contribution < -0.4 is 9.04 Å². The van der Waals surface area contributed by atoms with E-state index in [2.05, 4.69) is 0 Å². The molecule has 2 rings (SSSR count). The SMILES string of the molecule is Cc1ccc(Cl)c(OC(=O)c2ccccc2N(C)S(C)(=O)=O)c1. The number of sulfonamides is 1. The molecule has 0 saturated heterocycles. The fourth-order valence-electron chi connectivity index (χ4n) is 1.94. The molecule has 0 N–H and O–H groups in total. The van der Waals surface area contributed by atoms with Gasteiger partial charge in [-0.3, -0.25) is 4.31 Å². The number of halogens is 1. The first-order valence-corrected chi connectivity index (χ1v) is 8.94. The Hall–Kier alpha value is -2.05. The quantitative estimate of drug-likeness (QED) is 0.625. The van der Waals surface area contributed by atoms with Gasteiger partial charge in [-0.1, -0.05) is 29.8 Å². The largest absolute Gasteiger partial charge is 0.421 e. The van der Waals surface area contributed by atoms with Crippen LogP contribution in [-0.4, -0.2) is 27.7 Å². The van der Waals surface area contributed by atoms with E-state index in [4.69, 9.17) is 16.3 Å². The van der Waals surface area contributed by atoms with Gasteiger partial charge in [-0.05, 0) is 36.8 Å². The third kappa shape index (κ3) is 4.03. The van der Waals surface area contributed by atoms with Gasteiger partial charge in [0, 0.05) is 7.05 Å². The maximum absolute atomic E-state index is 12.4. The standard InChI is InChI=1S/C16H16ClNO4S/c1-11-8-9-13(17)15(10-11)22-16(19)12-6-4-5-7-14(12)18(2)23(3,20)21/h4-10H,1-3H3. The smallest absolute Gasteiger partial charge is 0.345 e. The predicted octanol–water partition coefficient (Wildman–Crippen LogP) is 3.26. The van der Waals surface area contributed by atoms with Gasteiger partial charge in [0.1, 0.15) is 5.75 Å². The van der Waals surface area contributed by atoms with Crippen molar-refractivity contribution in [2.24, 2.45) is 0 Å². The molecule has 122 valence electrons. The third-order valence-electron chi connectivity index (χ3n) is 3.25. The normalized spacial score (nSPS) is 11.1. The molecule has 0 aliphatic carbocycles. The highest BCUT2D eigenvalue weighted by molar-refractivity contribution is 7.92. The summed E-state index contributed by atoms with van der Waals surface area (Å²) in [5.41, 5.74) is 1.26. The second-order valence-corrected chi connectivity index (χ2v) is 7.49. The molecule has 0 atom stereocenters. The Balaban J connectivity index is 2.39. The lowest BCUT2D eigenvalue weighted by atomic mass is 10.2. The summed E-state index contributed by atoms with van der Waals surface area (Å²) < 4.78 is 29.8. The van der Waals surface area contributed by atoms with Crippen LogP contribution in [0.4, 0.5) is 5.69 Å². The highest BCUT2D eigenvalue weighted by Gasteiger charge is 2.21. The summed E-state index contributed by atoms with van der Waals surface area (Å²) in [5.74, 6) is -0.447. The molecule has 0 aliphatic rings. The molecule has 5 nitrogen and oxygen atoms in total. The number of nitrogens with zero attached hydrogens (tertiary/aromatic N) is 1. The lowest BCUT2D eigenvalue weighted by Gasteiger charge is -2.19. The van der Waals surface area contributed by atoms with Crippen LogP contribution >= 0.6 is 11.6 Å². The zero-order chi connectivity index (χ0) is 17.2. The molecule has 0 unspecified atom stereocenters. The van der Waals surface area contributed by atoms with E-state index in [-0.39, 0.29) is 17.0 Å². The number of esters is 1. The maximum atomic E-state index is 12.4. The van der Waals surface area contributed by atoms with Gasteiger partial charge in [0.15, 0.2) is 0 Å². The number of benzene rings is 2. The van der Waals surface area contributed by atoms with Crippen LogP contribution in [0, 0.1) is 6.92 Å². The summed E-state index contributed by atoms with van der Waals surface area (Å²) in [7, 11) is -2.12. The van der Waals surface area contributed by atoms with Crippen molar-refractivity contribution < 1.29 is 17.9 Å². The number of rotatable bonds is 4. The number of para-hydroxylation sites is 1. The molecule has 2 aromatic carbocycles. The van der Waals surface area contributed by atoms with Crippen molar-refractivity contribution in [1.29, 1.82) is 0 Å². The molecule has 0 aromatic heterocycles. The van der Waals surface area contributed by atoms with Gasteiger partial charge in [0.25, 0.3) is 0 Å². The minimum absolute atomic E-state index is 0.137. The maximum Gasteiger partial charge on any atom is 0.345 e. The Labute approximate surface area is 140 Å². The van der Waals surface area contributed by atoms with Gasteiger partial charge >= 0.3 is 5.97 Å². The third-order valence-corrected chi connectivity index (χ3v) is 4.75. The fraction of sp³-hybridized carbons (Fsp3) is 0.188. The van der Waals surface area contributed by atoms with Gasteiger partial charge < -0.3 is 4.74 Å². The molecule has 23 heavy (non-hydrogen) atoms. The second kappa shape index (κ2) is 6.60. The molecule has 7 heteroatoms. The van der Waals surface area contributed by atoms with E-state index in [1.54, 1.807) is 30.3 Å². The molecule has 0 radical (unpaired) electrons. The summed E-state index contributed by atoms with van der Waals surface area (Å²) >= 11 is 6.02. The van der Waals surface area contributed by atoms with Crippen molar-refractivity contribution in [2.45, 2.75) is 6.92 Å². The number of anilines is 1. The van der Waals surface area contributed by atoms with E-state index in [0.717, 1.165) is 16.1 Å². The summed E-state index contributed by atoms with van der Waals surface area (Å²) in [6.45, 7) is 1.85. The zero-order valence-corrected chi connectivity index (χ0v) is 14.5. The highest BCUT2D eigenvalue weighted by atomic mass is 35.5. The summed E-state index contributed by atoms with van der Waals surface area (Å²) in [6.07, 6.45) is 1.06. The first-order valence-electron chi connectivity index (χ1n) is 6.71. The van der Waals surface area contributed by atoms with E-state index in [1.165, 1.54) is 19.2 Å². The first kappa shape index (κ1) is 17.3. The van der Waals surface area contributed by atoms with E-state index in [9.17, 15) is 13.2 Å². The Bertz CT molecular complexity index is 849. The molecular weight excluding hydrogens is 338 g/mol. The Morgan fingerprint density at radius 3 is 2.48 bits per heavy atom. The van der Waals surface area contributed by atoms with Crippen LogP contribution in [0.5, 0.6) is 5.75 Å². The molecule has 0 heterocycles. The van der Waals surface area contributed by atoms with E-state index in [1.807, 2.05) is 6.92 Å². The van der Waals surface area contributed by atoms with Crippen molar-refractivity contribution in [3.8, 4) is 5.75 Å². The first-order chi connectivity index (χ1) is 10.7. The second-order valence-electron chi connectivity index (χ2n) is 5.07. The number of carbonyl (C=O) groups excluding carboxylic acids is 1. The molecule has 0 spiro atoms. The van der Waals surface area contributed by atoms with Gasteiger partial charge in [-0.25, -0.2) is 13.2 Å². The minimum atomic E-state index is -3.50. The van der Waals surface area contributed by atoms with Crippen LogP contribution in [0.3, 0.4) is 0 Å². The molecule has 0 fully saturated rings. The number of carbonyl (C=O) groups is 1. The van der Waals surface area contributed by atoms with Crippen LogP contribution in [0.15, 0.2) is 42.5 Å². The van der Waals surface area contributed by atoms with Crippen LogP contribution in [-0.2, 0) is 10.0 Å². The number of aryl methyl sites for hydroxylation is 1. The molecule has 0 aliphatic heterocycles.